The zero-order chi connectivity index (χ0) is 8.10. The van der Waals surface area contributed by atoms with Crippen LogP contribution in [0.1, 0.15) is 0 Å². The van der Waals surface area contributed by atoms with E-state index in [1.807, 2.05) is 12.1 Å². The van der Waals surface area contributed by atoms with Crippen molar-refractivity contribution in [3.05, 3.63) is 18.3 Å². The van der Waals surface area contributed by atoms with Crippen molar-refractivity contribution in [2.75, 3.05) is 7.11 Å². The van der Waals surface area contributed by atoms with Gasteiger partial charge in [0.2, 0.25) is 5.88 Å². The van der Waals surface area contributed by atoms with Crippen molar-refractivity contribution in [2.24, 2.45) is 0 Å². The van der Waals surface area contributed by atoms with Gasteiger partial charge in [0.25, 0.3) is 0 Å². The van der Waals surface area contributed by atoms with Crippen LogP contribution in [0.3, 0.4) is 0 Å². The number of nitrogens with one attached hydrogen (secondary N) is 1. The van der Waals surface area contributed by atoms with Crippen LogP contribution < -0.4 is 8.86 Å². The Bertz CT molecular complexity index is 232. The largest absolute Gasteiger partial charge is 0.480 e. The minimum Gasteiger partial charge on any atom is -0.480 e. The zero-order valence-electron chi connectivity index (χ0n) is 5.94. The second kappa shape index (κ2) is 4.48. The summed E-state index contributed by atoms with van der Waals surface area (Å²) in [6, 6.07) is 3.75. The zero-order valence-corrected chi connectivity index (χ0v) is 7.65. The number of hydrogen-bond acceptors (Lipinski definition) is 5. The number of aromatic nitrogens is 1. The quantitative estimate of drug-likeness (QED) is 0.557. The first-order valence-electron chi connectivity index (χ1n) is 2.93. The third-order valence-electron chi connectivity index (χ3n) is 1.09. The summed E-state index contributed by atoms with van der Waals surface area (Å²) in [5.41, 5.74) is 0. The van der Waals surface area contributed by atoms with Gasteiger partial charge in [-0.3, -0.25) is 0 Å². The molecule has 0 radical (unpaired) electrons. The van der Waals surface area contributed by atoms with Crippen LogP contribution >= 0.6 is 24.8 Å². The monoisotopic (exact) mass is 188 g/mol. The molecule has 0 bridgehead atoms. The van der Waals surface area contributed by atoms with E-state index in [1.165, 1.54) is 11.9 Å². The average molecular weight is 188 g/mol. The lowest BCUT2D eigenvalue weighted by Crippen LogP contribution is -1.91. The van der Waals surface area contributed by atoms with Crippen molar-refractivity contribution < 1.29 is 4.74 Å². The molecule has 1 heterocycles. The maximum absolute atomic E-state index is 4.99. The van der Waals surface area contributed by atoms with Crippen molar-refractivity contribution >= 4 is 24.8 Å². The van der Waals surface area contributed by atoms with E-state index in [1.54, 1.807) is 13.3 Å². The smallest absolute Gasteiger partial charge is 0.228 e. The Morgan fingerprint density at radius 1 is 1.73 bits per heavy atom. The Morgan fingerprint density at radius 2 is 2.55 bits per heavy atom. The van der Waals surface area contributed by atoms with Crippen LogP contribution in [-0.4, -0.2) is 12.1 Å². The van der Waals surface area contributed by atoms with E-state index in [4.69, 9.17) is 4.74 Å². The van der Waals surface area contributed by atoms with Gasteiger partial charge in [-0.15, -0.1) is 0 Å². The SMILES string of the molecule is COc1ncccc1SNS. The van der Waals surface area contributed by atoms with E-state index in [0.29, 0.717) is 5.88 Å². The standard InChI is InChI=1S/C6H8N2OS2/c1-9-6-5(11-8-10)3-2-4-7-6/h2-4,8,10H,1H3. The van der Waals surface area contributed by atoms with Crippen molar-refractivity contribution in [3.63, 3.8) is 0 Å². The molecular weight excluding hydrogens is 180 g/mol. The number of rotatable bonds is 3. The summed E-state index contributed by atoms with van der Waals surface area (Å²) in [4.78, 5) is 4.92. The molecule has 3 nitrogen and oxygen atoms in total. The molecule has 1 aromatic heterocycles. The fourth-order valence-electron chi connectivity index (χ4n) is 0.656. The highest BCUT2D eigenvalue weighted by molar-refractivity contribution is 8.06. The number of nitrogens with zero attached hydrogens (tertiary/aromatic N) is 1. The average Bonchev–Trinajstić information content (AvgIpc) is 2.06. The Balaban J connectivity index is 2.83. The Labute approximate surface area is 75.2 Å². The maximum atomic E-state index is 4.99. The molecule has 0 aliphatic heterocycles. The second-order valence-corrected chi connectivity index (χ2v) is 3.08. The van der Waals surface area contributed by atoms with Gasteiger partial charge >= 0.3 is 0 Å². The van der Waals surface area contributed by atoms with E-state index >= 15 is 0 Å². The van der Waals surface area contributed by atoms with Gasteiger partial charge in [0, 0.05) is 6.20 Å². The summed E-state index contributed by atoms with van der Waals surface area (Å²) in [5.74, 6) is 0.610. The molecule has 0 fully saturated rings. The summed E-state index contributed by atoms with van der Waals surface area (Å²) in [6.07, 6.45) is 1.68. The lowest BCUT2D eigenvalue weighted by atomic mass is 10.5. The first-order valence-corrected chi connectivity index (χ1v) is 4.20. The van der Waals surface area contributed by atoms with Gasteiger partial charge < -0.3 is 4.74 Å². The predicted molar refractivity (Wildman–Crippen MR) is 48.8 cm³/mol. The van der Waals surface area contributed by atoms with E-state index in [0.717, 1.165) is 4.90 Å². The Kier molecular flexibility index (Phi) is 3.55. The highest BCUT2D eigenvalue weighted by Gasteiger charge is 2.01. The molecule has 5 heteroatoms. The Morgan fingerprint density at radius 3 is 3.18 bits per heavy atom. The third-order valence-corrected chi connectivity index (χ3v) is 1.98. The highest BCUT2D eigenvalue weighted by atomic mass is 32.2. The molecule has 0 atom stereocenters. The van der Waals surface area contributed by atoms with E-state index in [2.05, 4.69) is 21.9 Å². The number of hydrogen-bond donors (Lipinski definition) is 2. The maximum Gasteiger partial charge on any atom is 0.228 e. The van der Waals surface area contributed by atoms with E-state index in [9.17, 15) is 0 Å². The molecule has 0 saturated carbocycles. The van der Waals surface area contributed by atoms with Gasteiger partial charge in [0.1, 0.15) is 0 Å². The van der Waals surface area contributed by atoms with Crippen molar-refractivity contribution in [1.82, 2.24) is 9.11 Å². The van der Waals surface area contributed by atoms with Crippen LogP contribution in [0, 0.1) is 0 Å². The van der Waals surface area contributed by atoms with Gasteiger partial charge in [0.05, 0.1) is 12.0 Å². The molecule has 0 aromatic carbocycles. The summed E-state index contributed by atoms with van der Waals surface area (Å²) in [5, 5.41) is 0. The van der Waals surface area contributed by atoms with Crippen molar-refractivity contribution in [3.8, 4) is 5.88 Å². The van der Waals surface area contributed by atoms with E-state index < -0.39 is 0 Å². The van der Waals surface area contributed by atoms with Crippen molar-refractivity contribution in [1.29, 1.82) is 0 Å². The first-order chi connectivity index (χ1) is 5.38. The van der Waals surface area contributed by atoms with E-state index in [-0.39, 0.29) is 0 Å². The van der Waals surface area contributed by atoms with Crippen LogP contribution in [0.25, 0.3) is 0 Å². The number of methoxy groups -OCH3 is 1. The van der Waals surface area contributed by atoms with Crippen molar-refractivity contribution in [2.45, 2.75) is 4.90 Å². The fraction of sp³-hybridized carbons (Fsp3) is 0.167. The lowest BCUT2D eigenvalue weighted by molar-refractivity contribution is 0.387. The van der Waals surface area contributed by atoms with Gasteiger partial charge in [-0.05, 0) is 24.1 Å². The Hall–Kier alpha value is -0.390. The first kappa shape index (κ1) is 8.70. The fourth-order valence-corrected chi connectivity index (χ4v) is 1.42. The molecule has 0 saturated heterocycles. The summed E-state index contributed by atoms with van der Waals surface area (Å²) >= 11 is 5.20. The third kappa shape index (κ3) is 2.28. The highest BCUT2D eigenvalue weighted by Crippen LogP contribution is 2.23. The summed E-state index contributed by atoms with van der Waals surface area (Å²) < 4.78 is 7.64. The molecule has 1 N–H and O–H groups in total. The molecule has 11 heavy (non-hydrogen) atoms. The molecule has 1 rings (SSSR count). The van der Waals surface area contributed by atoms with Crippen LogP contribution in [-0.2, 0) is 0 Å². The summed E-state index contributed by atoms with van der Waals surface area (Å²) in [7, 11) is 1.59. The molecule has 1 aromatic rings. The number of pyridine rings is 1. The molecular formula is C6H8N2OS2. The van der Waals surface area contributed by atoms with Crippen LogP contribution in [0.2, 0.25) is 0 Å². The molecule has 0 spiro atoms. The molecule has 0 aliphatic carbocycles. The topological polar surface area (TPSA) is 34.1 Å². The minimum absolute atomic E-state index is 0.610. The van der Waals surface area contributed by atoms with Crippen LogP contribution in [0.5, 0.6) is 5.88 Å². The molecule has 0 unspecified atom stereocenters. The van der Waals surface area contributed by atoms with Crippen LogP contribution in [0.15, 0.2) is 23.2 Å². The molecule has 0 aliphatic rings. The van der Waals surface area contributed by atoms with Gasteiger partial charge in [-0.2, -0.15) is 0 Å². The second-order valence-electron chi connectivity index (χ2n) is 1.70. The van der Waals surface area contributed by atoms with Gasteiger partial charge in [-0.1, -0.05) is 12.8 Å². The summed E-state index contributed by atoms with van der Waals surface area (Å²) in [6.45, 7) is 0. The molecule has 60 valence electrons. The van der Waals surface area contributed by atoms with Gasteiger partial charge in [0.15, 0.2) is 0 Å². The molecule has 0 amide bonds. The lowest BCUT2D eigenvalue weighted by Gasteiger charge is -2.03. The minimum atomic E-state index is 0.610. The van der Waals surface area contributed by atoms with Gasteiger partial charge in [-0.25, -0.2) is 9.11 Å². The number of thiol groups is 1. The number of ether oxygens (including phenoxy) is 1. The predicted octanol–water partition coefficient (Wildman–Crippen LogP) is 1.53. The van der Waals surface area contributed by atoms with Crippen LogP contribution in [0.4, 0.5) is 0 Å². The normalized spacial score (nSPS) is 9.64.